The summed E-state index contributed by atoms with van der Waals surface area (Å²) in [6.45, 7) is 1.94. The minimum atomic E-state index is -0.167. The van der Waals surface area contributed by atoms with Crippen LogP contribution in [0.3, 0.4) is 0 Å². The van der Waals surface area contributed by atoms with Gasteiger partial charge in [-0.05, 0) is 61.9 Å². The molecule has 0 unspecified atom stereocenters. The molecule has 0 saturated carbocycles. The van der Waals surface area contributed by atoms with Crippen LogP contribution < -0.4 is 5.32 Å². The average molecular weight is 372 g/mol. The van der Waals surface area contributed by atoms with Gasteiger partial charge in [-0.25, -0.2) is 4.98 Å². The van der Waals surface area contributed by atoms with E-state index in [4.69, 9.17) is 11.6 Å². The first-order valence-corrected chi connectivity index (χ1v) is 9.55. The maximum atomic E-state index is 12.2. The van der Waals surface area contributed by atoms with Crippen molar-refractivity contribution in [3.05, 3.63) is 51.7 Å². The van der Waals surface area contributed by atoms with E-state index in [1.54, 1.807) is 6.07 Å². The molecule has 1 aliphatic rings. The minimum Gasteiger partial charge on any atom is -0.324 e. The Morgan fingerprint density at radius 3 is 2.92 bits per heavy atom. The van der Waals surface area contributed by atoms with Crippen LogP contribution in [0.5, 0.6) is 0 Å². The third-order valence-corrected chi connectivity index (χ3v) is 5.43. The Balaban J connectivity index is 1.68. The molecule has 0 saturated heterocycles. The van der Waals surface area contributed by atoms with E-state index in [-0.39, 0.29) is 11.7 Å². The van der Waals surface area contributed by atoms with Gasteiger partial charge in [0, 0.05) is 5.69 Å². The SMILES string of the molecule is Cc1ccc(NC(=O)CSc2nc3c(cc2C#N)CCCC3)c(Cl)c1. The van der Waals surface area contributed by atoms with E-state index >= 15 is 0 Å². The van der Waals surface area contributed by atoms with E-state index in [2.05, 4.69) is 16.4 Å². The van der Waals surface area contributed by atoms with Gasteiger partial charge in [0.25, 0.3) is 0 Å². The zero-order valence-electron chi connectivity index (χ0n) is 13.9. The van der Waals surface area contributed by atoms with Crippen molar-refractivity contribution in [1.29, 1.82) is 5.26 Å². The molecule has 0 spiro atoms. The van der Waals surface area contributed by atoms with E-state index < -0.39 is 0 Å². The van der Waals surface area contributed by atoms with Gasteiger partial charge in [0.05, 0.1) is 22.0 Å². The van der Waals surface area contributed by atoms with Crippen molar-refractivity contribution < 1.29 is 4.79 Å². The van der Waals surface area contributed by atoms with Crippen molar-refractivity contribution in [2.75, 3.05) is 11.1 Å². The predicted molar refractivity (Wildman–Crippen MR) is 101 cm³/mol. The van der Waals surface area contributed by atoms with Gasteiger partial charge in [-0.2, -0.15) is 5.26 Å². The summed E-state index contributed by atoms with van der Waals surface area (Å²) in [5.41, 5.74) is 4.41. The van der Waals surface area contributed by atoms with Crippen molar-refractivity contribution >= 4 is 35.0 Å². The number of carbonyl (C=O) groups excluding carboxylic acids is 1. The summed E-state index contributed by atoms with van der Waals surface area (Å²) >= 11 is 7.43. The number of benzene rings is 1. The van der Waals surface area contributed by atoms with E-state index in [1.165, 1.54) is 17.3 Å². The molecule has 1 aromatic carbocycles. The number of halogens is 1. The normalized spacial score (nSPS) is 13.0. The largest absolute Gasteiger partial charge is 0.324 e. The van der Waals surface area contributed by atoms with Gasteiger partial charge < -0.3 is 5.32 Å². The number of thioether (sulfide) groups is 1. The highest BCUT2D eigenvalue weighted by Gasteiger charge is 2.16. The van der Waals surface area contributed by atoms with Crippen molar-refractivity contribution in [2.24, 2.45) is 0 Å². The molecular formula is C19H18ClN3OS. The number of carbonyl (C=O) groups is 1. The Morgan fingerprint density at radius 1 is 1.36 bits per heavy atom. The lowest BCUT2D eigenvalue weighted by molar-refractivity contribution is -0.113. The number of nitrogens with one attached hydrogen (secondary N) is 1. The molecule has 1 heterocycles. The third kappa shape index (κ3) is 4.33. The molecule has 1 N–H and O–H groups in total. The Morgan fingerprint density at radius 2 is 2.16 bits per heavy atom. The molecule has 1 amide bonds. The maximum absolute atomic E-state index is 12.2. The van der Waals surface area contributed by atoms with E-state index in [1.807, 2.05) is 25.1 Å². The lowest BCUT2D eigenvalue weighted by atomic mass is 9.95. The van der Waals surface area contributed by atoms with Crippen LogP contribution in [0.15, 0.2) is 29.3 Å². The smallest absolute Gasteiger partial charge is 0.234 e. The van der Waals surface area contributed by atoms with Crippen molar-refractivity contribution in [3.63, 3.8) is 0 Å². The summed E-state index contributed by atoms with van der Waals surface area (Å²) in [6, 6.07) is 9.62. The van der Waals surface area contributed by atoms with Gasteiger partial charge in [-0.3, -0.25) is 4.79 Å². The minimum absolute atomic E-state index is 0.167. The van der Waals surface area contributed by atoms with Crippen LogP contribution in [0.4, 0.5) is 5.69 Å². The van der Waals surface area contributed by atoms with Crippen LogP contribution in [-0.4, -0.2) is 16.6 Å². The molecule has 1 aromatic heterocycles. The highest BCUT2D eigenvalue weighted by Crippen LogP contribution is 2.28. The number of nitrogens with zero attached hydrogens (tertiary/aromatic N) is 2. The Labute approximate surface area is 156 Å². The molecule has 2 aromatic rings. The fourth-order valence-corrected chi connectivity index (χ4v) is 3.90. The average Bonchev–Trinajstić information content (AvgIpc) is 2.61. The fourth-order valence-electron chi connectivity index (χ4n) is 2.85. The van der Waals surface area contributed by atoms with Crippen LogP contribution in [0, 0.1) is 18.3 Å². The first kappa shape index (κ1) is 17.8. The highest BCUT2D eigenvalue weighted by molar-refractivity contribution is 8.00. The molecule has 25 heavy (non-hydrogen) atoms. The molecule has 1 aliphatic carbocycles. The number of hydrogen-bond acceptors (Lipinski definition) is 4. The van der Waals surface area contributed by atoms with Crippen LogP contribution in [0.2, 0.25) is 5.02 Å². The van der Waals surface area contributed by atoms with Crippen molar-refractivity contribution in [1.82, 2.24) is 4.98 Å². The zero-order valence-corrected chi connectivity index (χ0v) is 15.5. The summed E-state index contributed by atoms with van der Waals surface area (Å²) in [5, 5.41) is 13.3. The Bertz CT molecular complexity index is 860. The van der Waals surface area contributed by atoms with Gasteiger partial charge in [0.15, 0.2) is 0 Å². The number of rotatable bonds is 4. The van der Waals surface area contributed by atoms with E-state index in [9.17, 15) is 10.1 Å². The van der Waals surface area contributed by atoms with Gasteiger partial charge >= 0.3 is 0 Å². The Hall–Kier alpha value is -2.03. The molecule has 0 fully saturated rings. The van der Waals surface area contributed by atoms with Crippen LogP contribution >= 0.6 is 23.4 Å². The molecule has 0 radical (unpaired) electrons. The zero-order chi connectivity index (χ0) is 17.8. The summed E-state index contributed by atoms with van der Waals surface area (Å²) in [7, 11) is 0. The summed E-state index contributed by atoms with van der Waals surface area (Å²) in [6.07, 6.45) is 4.20. The molecule has 0 atom stereocenters. The van der Waals surface area contributed by atoms with Crippen LogP contribution in [0.1, 0.15) is 35.2 Å². The quantitative estimate of drug-likeness (QED) is 0.802. The van der Waals surface area contributed by atoms with Crippen molar-refractivity contribution in [3.8, 4) is 6.07 Å². The first-order valence-electron chi connectivity index (χ1n) is 8.18. The summed E-state index contributed by atoms with van der Waals surface area (Å²) in [5.74, 6) is 0.0177. The van der Waals surface area contributed by atoms with Crippen molar-refractivity contribution in [2.45, 2.75) is 37.6 Å². The molecule has 6 heteroatoms. The predicted octanol–water partition coefficient (Wildman–Crippen LogP) is 4.52. The number of aryl methyl sites for hydroxylation is 3. The second kappa shape index (κ2) is 7.90. The fraction of sp³-hybridized carbons (Fsp3) is 0.316. The lowest BCUT2D eigenvalue weighted by Gasteiger charge is -2.16. The molecular weight excluding hydrogens is 354 g/mol. The first-order chi connectivity index (χ1) is 12.1. The number of pyridine rings is 1. The number of amides is 1. The Kier molecular flexibility index (Phi) is 5.62. The standard InChI is InChI=1S/C19H18ClN3OS/c1-12-6-7-17(15(20)8-12)22-18(24)11-25-19-14(10-21)9-13-4-2-3-5-16(13)23-19/h6-9H,2-5,11H2,1H3,(H,22,24). The lowest BCUT2D eigenvalue weighted by Crippen LogP contribution is -2.15. The van der Waals surface area contributed by atoms with Crippen LogP contribution in [-0.2, 0) is 17.6 Å². The second-order valence-corrected chi connectivity index (χ2v) is 7.46. The third-order valence-electron chi connectivity index (χ3n) is 4.12. The van der Waals surface area contributed by atoms with Gasteiger partial charge in [0.2, 0.25) is 5.91 Å². The molecule has 128 valence electrons. The highest BCUT2D eigenvalue weighted by atomic mass is 35.5. The topological polar surface area (TPSA) is 65.8 Å². The monoisotopic (exact) mass is 371 g/mol. The number of nitriles is 1. The summed E-state index contributed by atoms with van der Waals surface area (Å²) in [4.78, 5) is 16.8. The van der Waals surface area contributed by atoms with E-state index in [0.717, 1.165) is 36.9 Å². The molecule has 3 rings (SSSR count). The molecule has 0 bridgehead atoms. The molecule has 0 aliphatic heterocycles. The van der Waals surface area contributed by atoms with Crippen LogP contribution in [0.25, 0.3) is 0 Å². The number of fused-ring (bicyclic) bond motifs is 1. The second-order valence-electron chi connectivity index (χ2n) is 6.09. The summed E-state index contributed by atoms with van der Waals surface area (Å²) < 4.78 is 0. The number of aromatic nitrogens is 1. The van der Waals surface area contributed by atoms with Gasteiger partial charge in [0.1, 0.15) is 11.1 Å². The molecule has 4 nitrogen and oxygen atoms in total. The van der Waals surface area contributed by atoms with Gasteiger partial charge in [-0.1, -0.05) is 29.4 Å². The number of anilines is 1. The van der Waals surface area contributed by atoms with E-state index in [0.29, 0.717) is 21.3 Å². The maximum Gasteiger partial charge on any atom is 0.234 e. The number of hydrogen-bond donors (Lipinski definition) is 1. The van der Waals surface area contributed by atoms with Gasteiger partial charge in [-0.15, -0.1) is 0 Å².